The number of imide groups is 1. The van der Waals surface area contributed by atoms with Crippen molar-refractivity contribution in [2.24, 2.45) is 0 Å². The molecule has 0 saturated carbocycles. The molecule has 4 amide bonds. The van der Waals surface area contributed by atoms with Crippen LogP contribution in [0.3, 0.4) is 0 Å². The Morgan fingerprint density at radius 3 is 2.64 bits per heavy atom. The number of urea groups is 1. The summed E-state index contributed by atoms with van der Waals surface area (Å²) in [6.45, 7) is 4.90. The van der Waals surface area contributed by atoms with Crippen LogP contribution >= 0.6 is 0 Å². The molecule has 0 bridgehead atoms. The van der Waals surface area contributed by atoms with Crippen LogP contribution < -0.4 is 15.4 Å². The second kappa shape index (κ2) is 7.30. The third-order valence-electron chi connectivity index (χ3n) is 4.73. The Hall–Kier alpha value is -3.42. The fourth-order valence-corrected chi connectivity index (χ4v) is 3.19. The third-order valence-corrected chi connectivity index (χ3v) is 4.73. The largest absolute Gasteiger partial charge is 0.496 e. The molecule has 8 heteroatoms. The van der Waals surface area contributed by atoms with E-state index < -0.39 is 23.4 Å². The van der Waals surface area contributed by atoms with Gasteiger partial charge in [0.25, 0.3) is 5.91 Å². The van der Waals surface area contributed by atoms with Gasteiger partial charge in [-0.15, -0.1) is 0 Å². The molecule has 1 saturated heterocycles. The van der Waals surface area contributed by atoms with E-state index >= 15 is 0 Å². The van der Waals surface area contributed by atoms with Gasteiger partial charge in [0.05, 0.1) is 7.11 Å². The number of methoxy groups -OCH3 is 1. The summed E-state index contributed by atoms with van der Waals surface area (Å²) in [5.74, 6) is -0.264. The van der Waals surface area contributed by atoms with Gasteiger partial charge >= 0.3 is 6.03 Å². The molecule has 1 aliphatic heterocycles. The summed E-state index contributed by atoms with van der Waals surface area (Å²) in [5, 5.41) is 5.37. The van der Waals surface area contributed by atoms with Gasteiger partial charge in [-0.05, 0) is 56.2 Å². The molecule has 8 nitrogen and oxygen atoms in total. The molecule has 146 valence electrons. The predicted molar refractivity (Wildman–Crippen MR) is 103 cm³/mol. The van der Waals surface area contributed by atoms with Gasteiger partial charge in [0.15, 0.2) is 0 Å². The number of nitrogens with one attached hydrogen (secondary N) is 2. The number of pyridine rings is 1. The number of hydrogen-bond acceptors (Lipinski definition) is 5. The summed E-state index contributed by atoms with van der Waals surface area (Å²) in [5.41, 5.74) is 1.51. The van der Waals surface area contributed by atoms with Crippen LogP contribution in [0, 0.1) is 13.8 Å². The number of rotatable bonds is 5. The van der Waals surface area contributed by atoms with Crippen molar-refractivity contribution in [3.05, 3.63) is 53.3 Å². The SMILES string of the molecule is COc1ccc(C2(C)NC(=O)N(CC(=O)Nc3ccnc(C)c3)C2=O)cc1C. The molecular formula is C20H22N4O4. The quantitative estimate of drug-likeness (QED) is 0.772. The van der Waals surface area contributed by atoms with E-state index in [0.717, 1.165) is 16.2 Å². The molecule has 1 aromatic carbocycles. The number of carbonyl (C=O) groups is 3. The fraction of sp³-hybridized carbons (Fsp3) is 0.300. The second-order valence-corrected chi connectivity index (χ2v) is 6.86. The van der Waals surface area contributed by atoms with Gasteiger partial charge < -0.3 is 15.4 Å². The summed E-state index contributed by atoms with van der Waals surface area (Å²) >= 11 is 0. The molecule has 1 aromatic heterocycles. The van der Waals surface area contributed by atoms with E-state index in [1.54, 1.807) is 57.5 Å². The van der Waals surface area contributed by atoms with Gasteiger partial charge in [0.1, 0.15) is 17.8 Å². The molecule has 0 aliphatic carbocycles. The predicted octanol–water partition coefficient (Wildman–Crippen LogP) is 2.11. The monoisotopic (exact) mass is 382 g/mol. The summed E-state index contributed by atoms with van der Waals surface area (Å²) in [6.07, 6.45) is 1.57. The Labute approximate surface area is 162 Å². The van der Waals surface area contributed by atoms with Crippen LogP contribution in [0.1, 0.15) is 23.7 Å². The van der Waals surface area contributed by atoms with E-state index in [2.05, 4.69) is 15.6 Å². The topological polar surface area (TPSA) is 101 Å². The van der Waals surface area contributed by atoms with Crippen molar-refractivity contribution < 1.29 is 19.1 Å². The number of anilines is 1. The number of aryl methyl sites for hydroxylation is 2. The highest BCUT2D eigenvalue weighted by Crippen LogP contribution is 2.31. The van der Waals surface area contributed by atoms with Crippen LogP contribution in [0.25, 0.3) is 0 Å². The lowest BCUT2D eigenvalue weighted by atomic mass is 9.90. The number of nitrogens with zero attached hydrogens (tertiary/aromatic N) is 2. The molecule has 2 heterocycles. The fourth-order valence-electron chi connectivity index (χ4n) is 3.19. The first kappa shape index (κ1) is 19.3. The van der Waals surface area contributed by atoms with Gasteiger partial charge in [-0.1, -0.05) is 6.07 Å². The normalized spacial score (nSPS) is 18.8. The summed E-state index contributed by atoms with van der Waals surface area (Å²) < 4.78 is 5.24. The average molecular weight is 382 g/mol. The molecule has 1 unspecified atom stereocenters. The van der Waals surface area contributed by atoms with Crippen LogP contribution in [0.15, 0.2) is 36.5 Å². The lowest BCUT2D eigenvalue weighted by Crippen LogP contribution is -2.42. The van der Waals surface area contributed by atoms with E-state index in [1.165, 1.54) is 0 Å². The molecule has 2 aromatic rings. The second-order valence-electron chi connectivity index (χ2n) is 6.86. The number of aromatic nitrogens is 1. The molecule has 1 fully saturated rings. The first-order valence-electron chi connectivity index (χ1n) is 8.76. The van der Waals surface area contributed by atoms with Gasteiger partial charge in [-0.3, -0.25) is 19.5 Å². The molecule has 3 rings (SSSR count). The molecule has 28 heavy (non-hydrogen) atoms. The first-order valence-corrected chi connectivity index (χ1v) is 8.76. The number of hydrogen-bond donors (Lipinski definition) is 2. The highest BCUT2D eigenvalue weighted by atomic mass is 16.5. The maximum atomic E-state index is 13.0. The molecule has 0 spiro atoms. The highest BCUT2D eigenvalue weighted by Gasteiger charge is 2.49. The minimum Gasteiger partial charge on any atom is -0.496 e. The van der Waals surface area contributed by atoms with Crippen molar-refractivity contribution in [3.63, 3.8) is 0 Å². The van der Waals surface area contributed by atoms with Crippen LogP contribution in [0.4, 0.5) is 10.5 Å². The van der Waals surface area contributed by atoms with Crippen molar-refractivity contribution in [2.75, 3.05) is 19.0 Å². The summed E-state index contributed by atoms with van der Waals surface area (Å²) in [6, 6.07) is 8.00. The van der Waals surface area contributed by atoms with Crippen LogP contribution in [0.5, 0.6) is 5.75 Å². The Balaban J connectivity index is 1.77. The Kier molecular flexibility index (Phi) is 5.04. The molecule has 1 aliphatic rings. The van der Waals surface area contributed by atoms with E-state index in [-0.39, 0.29) is 6.54 Å². The van der Waals surface area contributed by atoms with E-state index in [9.17, 15) is 14.4 Å². The lowest BCUT2D eigenvalue weighted by Gasteiger charge is -2.23. The third kappa shape index (κ3) is 3.53. The zero-order valence-corrected chi connectivity index (χ0v) is 16.2. The Morgan fingerprint density at radius 2 is 2.00 bits per heavy atom. The lowest BCUT2D eigenvalue weighted by molar-refractivity contribution is -0.133. The Morgan fingerprint density at radius 1 is 1.25 bits per heavy atom. The highest BCUT2D eigenvalue weighted by molar-refractivity contribution is 6.10. The maximum absolute atomic E-state index is 13.0. The first-order chi connectivity index (χ1) is 13.2. The van der Waals surface area contributed by atoms with Crippen molar-refractivity contribution in [1.29, 1.82) is 0 Å². The zero-order chi connectivity index (χ0) is 20.5. The van der Waals surface area contributed by atoms with Gasteiger partial charge in [0, 0.05) is 17.6 Å². The molecule has 1 atom stereocenters. The zero-order valence-electron chi connectivity index (χ0n) is 16.2. The van der Waals surface area contributed by atoms with Crippen LogP contribution in [0.2, 0.25) is 0 Å². The smallest absolute Gasteiger partial charge is 0.325 e. The van der Waals surface area contributed by atoms with Crippen molar-refractivity contribution in [2.45, 2.75) is 26.3 Å². The number of benzene rings is 1. The minimum atomic E-state index is -1.25. The van der Waals surface area contributed by atoms with Crippen LogP contribution in [-0.4, -0.2) is 41.4 Å². The molecule has 2 N–H and O–H groups in total. The average Bonchev–Trinajstić information content (AvgIpc) is 2.85. The molecular weight excluding hydrogens is 360 g/mol. The maximum Gasteiger partial charge on any atom is 0.325 e. The number of ether oxygens (including phenoxy) is 1. The van der Waals surface area contributed by atoms with Crippen molar-refractivity contribution >= 4 is 23.5 Å². The number of carbonyl (C=O) groups excluding carboxylic acids is 3. The van der Waals surface area contributed by atoms with Gasteiger partial charge in [-0.2, -0.15) is 0 Å². The van der Waals surface area contributed by atoms with E-state index in [1.807, 2.05) is 6.92 Å². The minimum absolute atomic E-state index is 0.378. The Bertz CT molecular complexity index is 959. The van der Waals surface area contributed by atoms with Crippen LogP contribution in [-0.2, 0) is 15.1 Å². The summed E-state index contributed by atoms with van der Waals surface area (Å²) in [7, 11) is 1.57. The van der Waals surface area contributed by atoms with Crippen molar-refractivity contribution in [1.82, 2.24) is 15.2 Å². The van der Waals surface area contributed by atoms with E-state index in [4.69, 9.17) is 4.74 Å². The van der Waals surface area contributed by atoms with Crippen molar-refractivity contribution in [3.8, 4) is 5.75 Å². The van der Waals surface area contributed by atoms with Gasteiger partial charge in [0.2, 0.25) is 5.91 Å². The van der Waals surface area contributed by atoms with Gasteiger partial charge in [-0.25, -0.2) is 4.79 Å². The number of amides is 4. The summed E-state index contributed by atoms with van der Waals surface area (Å²) in [4.78, 5) is 42.7. The standard InChI is InChI=1S/C20H22N4O4/c1-12-9-14(5-6-16(12)28-4)20(3)18(26)24(19(27)23-20)11-17(25)22-15-7-8-21-13(2)10-15/h5-10H,11H2,1-4H3,(H,23,27)(H,21,22,25). The molecule has 0 radical (unpaired) electrons. The van der Waals surface area contributed by atoms with E-state index in [0.29, 0.717) is 17.0 Å².